The number of aryl methyl sites for hydroxylation is 3. The SMILES string of the molecule is Cc1ncsc1-c1ccc([C@H](C)NC(=O)[C@@H]2C[C@@H](O)CN2C(=O)[C@@H](NC(=O)[C@@H](C)N2CCC(O[C@H]3C[C@H](NC(=O)C[C@@H]4N=C(c5ccc(Cl)cc5)c5c(sc(C)c5C)-n5c(C)nnc54)C3)CC2)C(C)(C)C)cc1. The first-order valence-electron chi connectivity index (χ1n) is 25.4. The van der Waals surface area contributed by atoms with E-state index in [1.54, 1.807) is 22.7 Å². The summed E-state index contributed by atoms with van der Waals surface area (Å²) >= 11 is 9.54. The largest absolute Gasteiger partial charge is 0.391 e. The van der Waals surface area contributed by atoms with Crippen molar-refractivity contribution in [3.05, 3.63) is 104 Å². The molecule has 0 spiro atoms. The van der Waals surface area contributed by atoms with E-state index in [0.717, 1.165) is 67.8 Å². The number of ether oxygens (including phenoxy) is 1. The number of aromatic nitrogens is 4. The highest BCUT2D eigenvalue weighted by atomic mass is 35.5. The number of fused-ring (bicyclic) bond motifs is 3. The molecule has 2 saturated heterocycles. The molecular weight excluding hydrogens is 984 g/mol. The third-order valence-corrected chi connectivity index (χ3v) is 17.4. The number of thiophene rings is 1. The molecule has 3 fully saturated rings. The van der Waals surface area contributed by atoms with Crippen LogP contribution in [0.25, 0.3) is 15.4 Å². The summed E-state index contributed by atoms with van der Waals surface area (Å²) in [7, 11) is 0. The molecule has 5 aromatic rings. The molecule has 4 amide bonds. The van der Waals surface area contributed by atoms with E-state index in [1.165, 1.54) is 9.78 Å². The quantitative estimate of drug-likeness (QED) is 0.0865. The van der Waals surface area contributed by atoms with Gasteiger partial charge in [0.2, 0.25) is 23.6 Å². The van der Waals surface area contributed by atoms with E-state index in [0.29, 0.717) is 36.8 Å². The van der Waals surface area contributed by atoms with Crippen LogP contribution in [-0.4, -0.2) is 126 Å². The van der Waals surface area contributed by atoms with Crippen LogP contribution in [0.1, 0.15) is 130 Å². The molecule has 3 aromatic heterocycles. The lowest BCUT2D eigenvalue weighted by atomic mass is 9.85. The van der Waals surface area contributed by atoms with Crippen molar-refractivity contribution in [3.8, 4) is 15.4 Å². The van der Waals surface area contributed by atoms with Crippen molar-refractivity contribution in [2.45, 2.75) is 155 Å². The fraction of sp³-hybridized carbons (Fsp3) is 0.519. The highest BCUT2D eigenvalue weighted by molar-refractivity contribution is 7.15. The van der Waals surface area contributed by atoms with Gasteiger partial charge in [-0.25, -0.2) is 4.98 Å². The number of likely N-dealkylation sites (tertiary alicyclic amines) is 2. The standard InChI is InChI=1S/C54H67ClN10O6S2/c1-28-32(5)73-53-45(28)46(35-14-16-37(55)17-15-35)59-42(49-62-61-33(6)65(49)53)25-44(67)58-38-22-41(23-38)71-40-18-20-63(21-19-40)31(4)50(68)60-48(54(7,8)9)52(70)64-26-39(66)24-43(64)51(69)57-29(2)34-10-12-36(13-11-34)47-30(3)56-27-72-47/h10-17,27,29,31,38-43,48,66H,18-26H2,1-9H3,(H,57,69)(H,58,67)(H,60,68)/t29-,31+,38-,39+,41-,42-,43-,48+/m0/s1. The molecule has 388 valence electrons. The maximum absolute atomic E-state index is 14.4. The van der Waals surface area contributed by atoms with Crippen molar-refractivity contribution in [1.82, 2.24) is 45.5 Å². The number of aliphatic hydroxyl groups excluding tert-OH is 1. The lowest BCUT2D eigenvalue weighted by molar-refractivity contribution is -0.145. The smallest absolute Gasteiger partial charge is 0.246 e. The molecule has 73 heavy (non-hydrogen) atoms. The number of thiazole rings is 1. The lowest BCUT2D eigenvalue weighted by Gasteiger charge is -2.41. The number of nitrogens with zero attached hydrogens (tertiary/aromatic N) is 7. The van der Waals surface area contributed by atoms with Gasteiger partial charge in [-0.05, 0) is 101 Å². The van der Waals surface area contributed by atoms with Crippen LogP contribution in [0.3, 0.4) is 0 Å². The van der Waals surface area contributed by atoms with Crippen molar-refractivity contribution in [3.63, 3.8) is 0 Å². The Morgan fingerprint density at radius 1 is 0.904 bits per heavy atom. The maximum atomic E-state index is 14.4. The van der Waals surface area contributed by atoms with Gasteiger partial charge in [0.25, 0.3) is 0 Å². The van der Waals surface area contributed by atoms with Gasteiger partial charge in [-0.3, -0.25) is 33.6 Å². The molecule has 1 saturated carbocycles. The summed E-state index contributed by atoms with van der Waals surface area (Å²) in [4.78, 5) is 71.4. The van der Waals surface area contributed by atoms with Crippen LogP contribution in [0.15, 0.2) is 59.0 Å². The highest BCUT2D eigenvalue weighted by Crippen LogP contribution is 2.40. The van der Waals surface area contributed by atoms with Gasteiger partial charge < -0.3 is 30.7 Å². The van der Waals surface area contributed by atoms with Crippen molar-refractivity contribution in [2.24, 2.45) is 10.4 Å². The topological polar surface area (TPSA) is 196 Å². The molecule has 19 heteroatoms. The number of aliphatic imine (C=N–C) groups is 1. The van der Waals surface area contributed by atoms with Crippen LogP contribution in [-0.2, 0) is 23.9 Å². The van der Waals surface area contributed by atoms with Crippen molar-refractivity contribution in [2.75, 3.05) is 19.6 Å². The summed E-state index contributed by atoms with van der Waals surface area (Å²) in [5.41, 5.74) is 7.94. The van der Waals surface area contributed by atoms with E-state index in [4.69, 9.17) is 21.3 Å². The number of carbonyl (C=O) groups excluding carboxylic acids is 4. The average molecular weight is 1050 g/mol. The molecule has 4 N–H and O–H groups in total. The molecule has 0 bridgehead atoms. The van der Waals surface area contributed by atoms with E-state index in [1.807, 2.05) is 103 Å². The van der Waals surface area contributed by atoms with Gasteiger partial charge >= 0.3 is 0 Å². The predicted octanol–water partition coefficient (Wildman–Crippen LogP) is 7.51. The predicted molar refractivity (Wildman–Crippen MR) is 284 cm³/mol. The molecule has 0 unspecified atom stereocenters. The van der Waals surface area contributed by atoms with Crippen molar-refractivity contribution >= 4 is 63.6 Å². The Morgan fingerprint density at radius 3 is 2.25 bits per heavy atom. The van der Waals surface area contributed by atoms with Crippen LogP contribution in [0.5, 0.6) is 0 Å². The molecule has 9 rings (SSSR count). The number of amides is 4. The van der Waals surface area contributed by atoms with E-state index in [-0.39, 0.29) is 61.4 Å². The number of piperidine rings is 1. The van der Waals surface area contributed by atoms with Crippen LogP contribution in [0, 0.1) is 33.1 Å². The lowest BCUT2D eigenvalue weighted by Crippen LogP contribution is -2.60. The Morgan fingerprint density at radius 2 is 1.59 bits per heavy atom. The number of carbonyl (C=O) groups is 4. The molecule has 0 radical (unpaired) electrons. The minimum absolute atomic E-state index is 0.00304. The van der Waals surface area contributed by atoms with Crippen LogP contribution in [0.2, 0.25) is 5.02 Å². The first-order chi connectivity index (χ1) is 34.7. The van der Waals surface area contributed by atoms with Gasteiger partial charge in [-0.2, -0.15) is 0 Å². The summed E-state index contributed by atoms with van der Waals surface area (Å²) in [5, 5.41) is 30.7. The number of nitrogens with one attached hydrogen (secondary N) is 3. The molecule has 6 heterocycles. The summed E-state index contributed by atoms with van der Waals surface area (Å²) in [6.45, 7) is 18.8. The average Bonchev–Trinajstić information content (AvgIpc) is 4.11. The number of hydrogen-bond acceptors (Lipinski definition) is 13. The number of aliphatic hydroxyl groups is 1. The number of benzene rings is 2. The van der Waals surface area contributed by atoms with Gasteiger partial charge in [-0.1, -0.05) is 68.8 Å². The van der Waals surface area contributed by atoms with E-state index >= 15 is 0 Å². The fourth-order valence-corrected chi connectivity index (χ4v) is 12.7. The molecule has 3 aliphatic heterocycles. The monoisotopic (exact) mass is 1050 g/mol. The highest BCUT2D eigenvalue weighted by Gasteiger charge is 2.46. The van der Waals surface area contributed by atoms with Crippen molar-refractivity contribution < 1.29 is 29.0 Å². The third kappa shape index (κ3) is 11.2. The first-order valence-corrected chi connectivity index (χ1v) is 27.5. The molecule has 16 nitrogen and oxygen atoms in total. The normalized spacial score (nSPS) is 22.5. The van der Waals surface area contributed by atoms with Crippen LogP contribution >= 0.6 is 34.3 Å². The Bertz CT molecular complexity index is 2880. The molecule has 4 aliphatic rings. The maximum Gasteiger partial charge on any atom is 0.246 e. The van der Waals surface area contributed by atoms with Gasteiger partial charge in [0.15, 0.2) is 5.82 Å². The second kappa shape index (κ2) is 21.5. The molecule has 6 atom stereocenters. The van der Waals surface area contributed by atoms with E-state index in [2.05, 4.69) is 54.4 Å². The van der Waals surface area contributed by atoms with Crippen LogP contribution < -0.4 is 16.0 Å². The Hall–Kier alpha value is -5.37. The second-order valence-corrected chi connectivity index (χ2v) is 23.8. The first kappa shape index (κ1) is 52.5. The molecule has 2 aromatic carbocycles. The minimum atomic E-state index is -0.935. The van der Waals surface area contributed by atoms with Crippen LogP contribution in [0.4, 0.5) is 0 Å². The van der Waals surface area contributed by atoms with Gasteiger partial charge in [0, 0.05) is 53.1 Å². The third-order valence-electron chi connectivity index (χ3n) is 15.0. The van der Waals surface area contributed by atoms with Crippen molar-refractivity contribution in [1.29, 1.82) is 0 Å². The van der Waals surface area contributed by atoms with E-state index in [9.17, 15) is 24.3 Å². The Labute approximate surface area is 440 Å². The zero-order valence-electron chi connectivity index (χ0n) is 43.1. The Balaban J connectivity index is 0.748. The minimum Gasteiger partial charge on any atom is -0.391 e. The van der Waals surface area contributed by atoms with Gasteiger partial charge in [0.1, 0.15) is 29.0 Å². The molecular formula is C54H67ClN10O6S2. The number of β-amino-alcohol motifs (C(OH)–C–C–N with tert-alkyl or cyclic N) is 1. The zero-order chi connectivity index (χ0) is 52.0. The Kier molecular flexibility index (Phi) is 15.4. The summed E-state index contributed by atoms with van der Waals surface area (Å²) in [6, 6.07) is 12.4. The summed E-state index contributed by atoms with van der Waals surface area (Å²) in [5.74, 6) is 0.246. The molecule has 1 aliphatic carbocycles. The second-order valence-electron chi connectivity index (χ2n) is 21.3. The van der Waals surface area contributed by atoms with E-state index < -0.39 is 41.6 Å². The zero-order valence-corrected chi connectivity index (χ0v) is 45.5. The fourth-order valence-electron chi connectivity index (χ4n) is 10.5. The van der Waals surface area contributed by atoms with Gasteiger partial charge in [0.05, 0.1) is 58.6 Å². The van der Waals surface area contributed by atoms with Gasteiger partial charge in [-0.15, -0.1) is 32.9 Å². The number of halogens is 1. The summed E-state index contributed by atoms with van der Waals surface area (Å²) < 4.78 is 8.58. The number of hydrogen-bond donors (Lipinski definition) is 4. The number of rotatable bonds is 14. The summed E-state index contributed by atoms with van der Waals surface area (Å²) in [6.07, 6.45) is 2.28.